The van der Waals surface area contributed by atoms with E-state index < -0.39 is 0 Å². The van der Waals surface area contributed by atoms with Crippen molar-refractivity contribution in [3.05, 3.63) is 44.1 Å². The predicted octanol–water partition coefficient (Wildman–Crippen LogP) is 6.59. The van der Waals surface area contributed by atoms with Gasteiger partial charge in [0.1, 0.15) is 11.5 Å². The number of benzene rings is 2. The van der Waals surface area contributed by atoms with Crippen LogP contribution in [0.3, 0.4) is 0 Å². The van der Waals surface area contributed by atoms with E-state index in [1.54, 1.807) is 0 Å². The first-order chi connectivity index (χ1) is 13.3. The molecular formula is C20H19I4NO3. The maximum atomic E-state index is 12.4. The molecule has 150 valence electrons. The van der Waals surface area contributed by atoms with Gasteiger partial charge in [-0.25, -0.2) is 0 Å². The molecule has 1 aliphatic rings. The molecule has 0 aromatic heterocycles. The maximum absolute atomic E-state index is 12.4. The molecule has 0 heterocycles. The lowest BCUT2D eigenvalue weighted by molar-refractivity contribution is -0.121. The van der Waals surface area contributed by atoms with E-state index in [1.165, 1.54) is 19.3 Å². The summed E-state index contributed by atoms with van der Waals surface area (Å²) < 4.78 is 9.53. The van der Waals surface area contributed by atoms with Gasteiger partial charge in [-0.1, -0.05) is 19.3 Å². The van der Waals surface area contributed by atoms with Crippen LogP contribution in [-0.4, -0.2) is 17.1 Å². The molecule has 0 radical (unpaired) electrons. The molecule has 0 spiro atoms. The van der Waals surface area contributed by atoms with E-state index in [-0.39, 0.29) is 11.7 Å². The Balaban J connectivity index is 1.71. The molecule has 28 heavy (non-hydrogen) atoms. The molecular weight excluding hydrogens is 810 g/mol. The van der Waals surface area contributed by atoms with Gasteiger partial charge in [0.15, 0.2) is 5.75 Å². The van der Waals surface area contributed by atoms with Crippen LogP contribution in [0.25, 0.3) is 0 Å². The number of phenolic OH excluding ortho intramolecular Hbond substituents is 1. The van der Waals surface area contributed by atoms with Crippen molar-refractivity contribution >= 4 is 96.3 Å². The monoisotopic (exact) mass is 829 g/mol. The predicted molar refractivity (Wildman–Crippen MR) is 144 cm³/mol. The van der Waals surface area contributed by atoms with Gasteiger partial charge in [-0.05, 0) is 133 Å². The summed E-state index contributed by atoms with van der Waals surface area (Å²) in [5.74, 6) is 1.83. The maximum Gasteiger partial charge on any atom is 0.224 e. The Kier molecular flexibility index (Phi) is 8.78. The van der Waals surface area contributed by atoms with Crippen molar-refractivity contribution in [3.8, 4) is 17.2 Å². The highest BCUT2D eigenvalue weighted by atomic mass is 127. The Morgan fingerprint density at radius 3 is 2.11 bits per heavy atom. The number of hydrogen-bond donors (Lipinski definition) is 2. The van der Waals surface area contributed by atoms with E-state index in [9.17, 15) is 9.90 Å². The highest BCUT2D eigenvalue weighted by molar-refractivity contribution is 14.1. The van der Waals surface area contributed by atoms with Crippen LogP contribution in [0.2, 0.25) is 0 Å². The molecule has 2 N–H and O–H groups in total. The quantitative estimate of drug-likeness (QED) is 0.335. The van der Waals surface area contributed by atoms with E-state index in [0.29, 0.717) is 18.2 Å². The van der Waals surface area contributed by atoms with E-state index in [0.717, 1.165) is 38.4 Å². The zero-order valence-electron chi connectivity index (χ0n) is 14.9. The van der Waals surface area contributed by atoms with Gasteiger partial charge in [0.25, 0.3) is 0 Å². The topological polar surface area (TPSA) is 58.6 Å². The third-order valence-electron chi connectivity index (χ3n) is 4.60. The number of hydrogen-bond acceptors (Lipinski definition) is 3. The minimum absolute atomic E-state index is 0.0924. The standard InChI is InChI=1S/C20H19I4NO3/c21-14-9-13(10-15(22)19(14)27)28-20-16(23)6-11(7-17(20)24)8-18(26)25-12-4-2-1-3-5-12/h6-7,9-10,12,27H,1-5,8H2,(H,25,26). The second kappa shape index (κ2) is 10.6. The summed E-state index contributed by atoms with van der Waals surface area (Å²) in [6, 6.07) is 7.98. The van der Waals surface area contributed by atoms with Crippen molar-refractivity contribution in [2.45, 2.75) is 44.6 Å². The minimum atomic E-state index is 0.0924. The number of halogens is 4. The Morgan fingerprint density at radius 1 is 0.964 bits per heavy atom. The van der Waals surface area contributed by atoms with Gasteiger partial charge < -0.3 is 15.2 Å². The summed E-state index contributed by atoms with van der Waals surface area (Å²) in [5, 5.41) is 13.1. The number of carbonyl (C=O) groups excluding carboxylic acids is 1. The number of amides is 1. The number of aromatic hydroxyl groups is 1. The van der Waals surface area contributed by atoms with Crippen LogP contribution in [0.1, 0.15) is 37.7 Å². The summed E-state index contributed by atoms with van der Waals surface area (Å²) in [7, 11) is 0. The summed E-state index contributed by atoms with van der Waals surface area (Å²) in [6.07, 6.45) is 6.28. The van der Waals surface area contributed by atoms with Crippen LogP contribution in [0.15, 0.2) is 24.3 Å². The van der Waals surface area contributed by atoms with Crippen molar-refractivity contribution < 1.29 is 14.6 Å². The van der Waals surface area contributed by atoms with Crippen LogP contribution in [0.5, 0.6) is 17.2 Å². The molecule has 8 heteroatoms. The van der Waals surface area contributed by atoms with Crippen LogP contribution >= 0.6 is 90.4 Å². The van der Waals surface area contributed by atoms with Crippen molar-refractivity contribution in [1.82, 2.24) is 5.32 Å². The molecule has 2 aromatic rings. The van der Waals surface area contributed by atoms with Crippen LogP contribution in [-0.2, 0) is 11.2 Å². The second-order valence-corrected chi connectivity index (χ2v) is 11.5. The second-order valence-electron chi connectivity index (χ2n) is 6.81. The summed E-state index contributed by atoms with van der Waals surface area (Å²) in [6.45, 7) is 0. The van der Waals surface area contributed by atoms with Crippen molar-refractivity contribution in [3.63, 3.8) is 0 Å². The highest BCUT2D eigenvalue weighted by Gasteiger charge is 2.17. The molecule has 2 aromatic carbocycles. The number of carbonyl (C=O) groups is 1. The van der Waals surface area contributed by atoms with Crippen LogP contribution < -0.4 is 10.1 Å². The van der Waals surface area contributed by atoms with Gasteiger partial charge in [0, 0.05) is 6.04 Å². The average molecular weight is 829 g/mol. The highest BCUT2D eigenvalue weighted by Crippen LogP contribution is 2.36. The molecule has 0 atom stereocenters. The third-order valence-corrected chi connectivity index (χ3v) is 7.85. The Bertz CT molecular complexity index is 836. The summed E-state index contributed by atoms with van der Waals surface area (Å²) in [5.41, 5.74) is 0.990. The number of phenols is 1. The molecule has 0 unspecified atom stereocenters. The number of rotatable bonds is 5. The Hall–Kier alpha value is 0.430. The number of ether oxygens (including phenoxy) is 1. The lowest BCUT2D eigenvalue weighted by atomic mass is 9.95. The van der Waals surface area contributed by atoms with E-state index in [2.05, 4.69) is 95.7 Å². The Morgan fingerprint density at radius 2 is 1.54 bits per heavy atom. The van der Waals surface area contributed by atoms with Gasteiger partial charge in [-0.15, -0.1) is 0 Å². The molecule has 3 rings (SSSR count). The van der Waals surface area contributed by atoms with Gasteiger partial charge in [0.05, 0.1) is 20.7 Å². The van der Waals surface area contributed by atoms with Crippen molar-refractivity contribution in [2.75, 3.05) is 0 Å². The fraction of sp³-hybridized carbons (Fsp3) is 0.350. The number of nitrogens with one attached hydrogen (secondary N) is 1. The smallest absolute Gasteiger partial charge is 0.224 e. The van der Waals surface area contributed by atoms with Crippen molar-refractivity contribution in [2.24, 2.45) is 0 Å². The molecule has 4 nitrogen and oxygen atoms in total. The lowest BCUT2D eigenvalue weighted by Gasteiger charge is -2.22. The SMILES string of the molecule is O=C(Cc1cc(I)c(Oc2cc(I)c(O)c(I)c2)c(I)c1)NC1CCCCC1. The summed E-state index contributed by atoms with van der Waals surface area (Å²) in [4.78, 5) is 12.4. The molecule has 1 amide bonds. The lowest BCUT2D eigenvalue weighted by Crippen LogP contribution is -2.37. The molecule has 0 bridgehead atoms. The van der Waals surface area contributed by atoms with Crippen molar-refractivity contribution in [1.29, 1.82) is 0 Å². The van der Waals surface area contributed by atoms with E-state index >= 15 is 0 Å². The zero-order chi connectivity index (χ0) is 20.3. The van der Waals surface area contributed by atoms with Gasteiger partial charge in [-0.2, -0.15) is 0 Å². The fourth-order valence-electron chi connectivity index (χ4n) is 3.24. The fourth-order valence-corrected chi connectivity index (χ4v) is 7.07. The van der Waals surface area contributed by atoms with Gasteiger partial charge in [-0.3, -0.25) is 4.79 Å². The largest absolute Gasteiger partial charge is 0.506 e. The first-order valence-corrected chi connectivity index (χ1v) is 13.3. The molecule has 1 saturated carbocycles. The summed E-state index contributed by atoms with van der Waals surface area (Å²) >= 11 is 8.69. The van der Waals surface area contributed by atoms with Crippen LogP contribution in [0.4, 0.5) is 0 Å². The molecule has 0 saturated heterocycles. The normalized spacial score (nSPS) is 14.7. The molecule has 1 fully saturated rings. The first-order valence-electron chi connectivity index (χ1n) is 8.96. The Labute approximate surface area is 219 Å². The average Bonchev–Trinajstić information content (AvgIpc) is 2.63. The molecule has 0 aliphatic heterocycles. The molecule has 1 aliphatic carbocycles. The zero-order valence-corrected chi connectivity index (χ0v) is 23.5. The van der Waals surface area contributed by atoms with Gasteiger partial charge >= 0.3 is 0 Å². The first kappa shape index (κ1) is 23.1. The van der Waals surface area contributed by atoms with Gasteiger partial charge in [0.2, 0.25) is 5.91 Å². The van der Waals surface area contributed by atoms with E-state index in [4.69, 9.17) is 4.74 Å². The van der Waals surface area contributed by atoms with E-state index in [1.807, 2.05) is 24.3 Å². The third kappa shape index (κ3) is 6.22. The minimum Gasteiger partial charge on any atom is -0.506 e. The van der Waals surface area contributed by atoms with Crippen LogP contribution in [0, 0.1) is 14.3 Å².